The van der Waals surface area contributed by atoms with Gasteiger partial charge in [-0.25, -0.2) is 4.79 Å². The van der Waals surface area contributed by atoms with Crippen molar-refractivity contribution >= 4 is 52.4 Å². The van der Waals surface area contributed by atoms with E-state index in [4.69, 9.17) is 28.9 Å². The Kier molecular flexibility index (Phi) is 9.33. The van der Waals surface area contributed by atoms with E-state index in [-0.39, 0.29) is 23.2 Å². The quantitative estimate of drug-likeness (QED) is 0.505. The fourth-order valence-electron chi connectivity index (χ4n) is 2.86. The predicted molar refractivity (Wildman–Crippen MR) is 125 cm³/mol. The third kappa shape index (κ3) is 6.06. The van der Waals surface area contributed by atoms with Crippen LogP contribution in [-0.4, -0.2) is 27.8 Å². The van der Waals surface area contributed by atoms with Gasteiger partial charge in [0.25, 0.3) is 5.56 Å². The van der Waals surface area contributed by atoms with E-state index in [9.17, 15) is 14.4 Å². The van der Waals surface area contributed by atoms with Gasteiger partial charge in [-0.05, 0) is 31.0 Å². The summed E-state index contributed by atoms with van der Waals surface area (Å²) in [4.78, 5) is 42.2. The summed E-state index contributed by atoms with van der Waals surface area (Å²) in [7, 11) is 0. The number of aromatic amines is 1. The number of nitrogens with zero attached hydrogens (tertiary/aromatic N) is 2. The van der Waals surface area contributed by atoms with Gasteiger partial charge in [-0.15, -0.1) is 11.8 Å². The minimum atomic E-state index is -0.666. The van der Waals surface area contributed by atoms with E-state index in [0.717, 1.165) is 19.3 Å². The monoisotopic (exact) mass is 472 g/mol. The number of carbonyl (C=O) groups excluding carboxylic acids is 1. The zero-order valence-electron chi connectivity index (χ0n) is 17.0. The number of halogens is 2. The van der Waals surface area contributed by atoms with Crippen LogP contribution < -0.4 is 21.9 Å². The number of rotatable bonds is 10. The number of H-pyrrole nitrogens is 1. The van der Waals surface area contributed by atoms with E-state index in [2.05, 4.69) is 4.98 Å². The smallest absolute Gasteiger partial charge is 0.330 e. The molecule has 1 aromatic carbocycles. The number of thioether (sulfide) groups is 1. The summed E-state index contributed by atoms with van der Waals surface area (Å²) in [5.41, 5.74) is 4.97. The highest BCUT2D eigenvalue weighted by Crippen LogP contribution is 2.30. The van der Waals surface area contributed by atoms with Crippen LogP contribution in [0.15, 0.2) is 32.7 Å². The highest BCUT2D eigenvalue weighted by atomic mass is 35.5. The van der Waals surface area contributed by atoms with E-state index in [1.54, 1.807) is 18.2 Å². The topological polar surface area (TPSA) is 101 Å². The molecule has 0 aliphatic rings. The molecule has 1 heterocycles. The lowest BCUT2D eigenvalue weighted by Gasteiger charge is -2.24. The molecule has 0 atom stereocenters. The lowest BCUT2D eigenvalue weighted by atomic mass is 10.2. The molecule has 0 aliphatic heterocycles. The zero-order chi connectivity index (χ0) is 22.3. The van der Waals surface area contributed by atoms with Crippen molar-refractivity contribution in [1.29, 1.82) is 0 Å². The molecule has 30 heavy (non-hydrogen) atoms. The molecule has 1 amide bonds. The first-order valence-corrected chi connectivity index (χ1v) is 11.5. The van der Waals surface area contributed by atoms with Crippen LogP contribution >= 0.6 is 35.0 Å². The van der Waals surface area contributed by atoms with Gasteiger partial charge in [-0.3, -0.25) is 19.1 Å². The van der Waals surface area contributed by atoms with Crippen molar-refractivity contribution in [1.82, 2.24) is 9.55 Å². The second-order valence-corrected chi connectivity index (χ2v) is 8.62. The maximum atomic E-state index is 13.1. The van der Waals surface area contributed by atoms with E-state index >= 15 is 0 Å². The van der Waals surface area contributed by atoms with E-state index in [1.807, 2.05) is 13.8 Å². The van der Waals surface area contributed by atoms with Gasteiger partial charge in [-0.1, -0.05) is 49.9 Å². The second kappa shape index (κ2) is 11.5. The molecule has 7 nitrogen and oxygen atoms in total. The van der Waals surface area contributed by atoms with Gasteiger partial charge in [0.05, 0.1) is 10.8 Å². The molecule has 0 spiro atoms. The Bertz CT molecular complexity index is 1010. The molecule has 0 aliphatic carbocycles. The number of anilines is 2. The third-order valence-electron chi connectivity index (χ3n) is 4.50. The van der Waals surface area contributed by atoms with Crippen LogP contribution in [0.4, 0.5) is 11.5 Å². The van der Waals surface area contributed by atoms with Crippen LogP contribution in [0.2, 0.25) is 10.0 Å². The van der Waals surface area contributed by atoms with Crippen LogP contribution in [0.5, 0.6) is 0 Å². The van der Waals surface area contributed by atoms with Gasteiger partial charge in [0.15, 0.2) is 5.69 Å². The van der Waals surface area contributed by atoms with Crippen molar-refractivity contribution in [3.05, 3.63) is 49.1 Å². The lowest BCUT2D eigenvalue weighted by Crippen LogP contribution is -2.42. The lowest BCUT2D eigenvalue weighted by molar-refractivity contribution is -0.116. The summed E-state index contributed by atoms with van der Waals surface area (Å²) in [6, 6.07) is 5.02. The van der Waals surface area contributed by atoms with Crippen molar-refractivity contribution in [3.63, 3.8) is 0 Å². The summed E-state index contributed by atoms with van der Waals surface area (Å²) < 4.78 is 1.31. The first-order valence-electron chi connectivity index (χ1n) is 9.80. The average Bonchev–Trinajstić information content (AvgIpc) is 2.70. The third-order valence-corrected chi connectivity index (χ3v) is 6.22. The standard InChI is InChI=1S/C20H26Cl2N4O3S/c1-3-5-9-25(16(27)12-30-15-11-13(21)7-8-14(15)22)17-18(23)26(10-6-4-2)20(29)24-19(17)28/h7-8,11H,3-6,9-10,12,23H2,1-2H3,(H,24,28,29). The van der Waals surface area contributed by atoms with Gasteiger partial charge in [-0.2, -0.15) is 0 Å². The largest absolute Gasteiger partial charge is 0.383 e. The van der Waals surface area contributed by atoms with Crippen molar-refractivity contribution in [2.45, 2.75) is 51.0 Å². The molecular weight excluding hydrogens is 447 g/mol. The molecule has 0 fully saturated rings. The number of benzene rings is 1. The SMILES string of the molecule is CCCCN(C(=O)CSc1cc(Cl)ccc1Cl)c1c(N)n(CCCC)c(=O)[nH]c1=O. The Morgan fingerprint density at radius 2 is 1.90 bits per heavy atom. The first-order chi connectivity index (χ1) is 14.3. The molecule has 0 saturated heterocycles. The highest BCUT2D eigenvalue weighted by Gasteiger charge is 2.24. The van der Waals surface area contributed by atoms with Crippen molar-refractivity contribution < 1.29 is 4.79 Å². The molecular formula is C20H26Cl2N4O3S. The summed E-state index contributed by atoms with van der Waals surface area (Å²) in [6.07, 6.45) is 3.09. The zero-order valence-corrected chi connectivity index (χ0v) is 19.4. The Balaban J connectivity index is 2.37. The highest BCUT2D eigenvalue weighted by molar-refractivity contribution is 8.00. The van der Waals surface area contributed by atoms with Crippen LogP contribution in [0, 0.1) is 0 Å². The van der Waals surface area contributed by atoms with Crippen LogP contribution in [-0.2, 0) is 11.3 Å². The minimum Gasteiger partial charge on any atom is -0.383 e. The maximum Gasteiger partial charge on any atom is 0.330 e. The van der Waals surface area contributed by atoms with Gasteiger partial charge in [0.2, 0.25) is 5.91 Å². The Morgan fingerprint density at radius 1 is 1.20 bits per heavy atom. The van der Waals surface area contributed by atoms with Crippen LogP contribution in [0.3, 0.4) is 0 Å². The predicted octanol–water partition coefficient (Wildman–Crippen LogP) is 4.15. The van der Waals surface area contributed by atoms with Gasteiger partial charge < -0.3 is 10.6 Å². The number of unbranched alkanes of at least 4 members (excludes halogenated alkanes) is 2. The summed E-state index contributed by atoms with van der Waals surface area (Å²) in [6.45, 7) is 4.66. The number of hydrogen-bond donors (Lipinski definition) is 2. The second-order valence-electron chi connectivity index (χ2n) is 6.76. The molecule has 2 rings (SSSR count). The van der Waals surface area contributed by atoms with E-state index in [0.29, 0.717) is 34.5 Å². The molecule has 0 saturated carbocycles. The Labute approximate surface area is 189 Å². The molecule has 0 unspecified atom stereocenters. The molecule has 10 heteroatoms. The van der Waals surface area contributed by atoms with Crippen molar-refractivity contribution in [2.24, 2.45) is 0 Å². The van der Waals surface area contributed by atoms with Crippen molar-refractivity contribution in [2.75, 3.05) is 22.9 Å². The molecule has 0 radical (unpaired) electrons. The van der Waals surface area contributed by atoms with E-state index < -0.39 is 11.2 Å². The number of hydrogen-bond acceptors (Lipinski definition) is 5. The molecule has 164 valence electrons. The number of nitrogen functional groups attached to an aromatic ring is 1. The van der Waals surface area contributed by atoms with Gasteiger partial charge in [0.1, 0.15) is 5.82 Å². The number of nitrogens with one attached hydrogen (secondary N) is 1. The van der Waals surface area contributed by atoms with Gasteiger partial charge in [0, 0.05) is 23.0 Å². The Hall–Kier alpha value is -1.90. The van der Waals surface area contributed by atoms with Crippen LogP contribution in [0.1, 0.15) is 39.5 Å². The Morgan fingerprint density at radius 3 is 2.57 bits per heavy atom. The average molecular weight is 473 g/mol. The normalized spacial score (nSPS) is 10.9. The van der Waals surface area contributed by atoms with Crippen molar-refractivity contribution in [3.8, 4) is 0 Å². The van der Waals surface area contributed by atoms with E-state index in [1.165, 1.54) is 21.2 Å². The number of nitrogens with two attached hydrogens (primary N) is 1. The first kappa shape index (κ1) is 24.4. The molecule has 2 aromatic rings. The summed E-state index contributed by atoms with van der Waals surface area (Å²) in [5.74, 6) is -0.258. The summed E-state index contributed by atoms with van der Waals surface area (Å²) in [5, 5.41) is 1.00. The van der Waals surface area contributed by atoms with Crippen LogP contribution in [0.25, 0.3) is 0 Å². The summed E-state index contributed by atoms with van der Waals surface area (Å²) >= 11 is 13.4. The molecule has 3 N–H and O–H groups in total. The fourth-order valence-corrected chi connectivity index (χ4v) is 4.23. The number of aromatic nitrogens is 2. The number of carbonyl (C=O) groups is 1. The molecule has 1 aromatic heterocycles. The number of amides is 1. The fraction of sp³-hybridized carbons (Fsp3) is 0.450. The maximum absolute atomic E-state index is 13.1. The minimum absolute atomic E-state index is 0.00689. The van der Waals surface area contributed by atoms with Gasteiger partial charge >= 0.3 is 5.69 Å². The molecule has 0 bridgehead atoms.